The third-order valence-corrected chi connectivity index (χ3v) is 6.51. The largest absolute Gasteiger partial charge is 0.496 e. The first-order valence-corrected chi connectivity index (χ1v) is 9.44. The Bertz CT molecular complexity index is 726. The lowest BCUT2D eigenvalue weighted by atomic mass is 9.87. The van der Waals surface area contributed by atoms with Gasteiger partial charge in [-0.1, -0.05) is 18.6 Å². The molecule has 0 aromatic heterocycles. The molecule has 0 heterocycles. The number of hydrogen-bond acceptors (Lipinski definition) is 4. The quantitative estimate of drug-likeness (QED) is 0.822. The number of rotatable bonds is 6. The molecule has 3 rings (SSSR count). The van der Waals surface area contributed by atoms with Gasteiger partial charge in [0.1, 0.15) is 5.75 Å². The van der Waals surface area contributed by atoms with Crippen LogP contribution >= 0.6 is 0 Å². The zero-order valence-electron chi connectivity index (χ0n) is 13.0. The summed E-state index contributed by atoms with van der Waals surface area (Å²) >= 11 is 0. The summed E-state index contributed by atoms with van der Waals surface area (Å²) in [5.74, 6) is -0.420. The molecule has 6 nitrogen and oxygen atoms in total. The summed E-state index contributed by atoms with van der Waals surface area (Å²) in [6.07, 6.45) is 3.50. The summed E-state index contributed by atoms with van der Waals surface area (Å²) in [6, 6.07) is 5.13. The molecule has 0 bridgehead atoms. The molecule has 0 amide bonds. The molecule has 1 fully saturated rings. The fourth-order valence-corrected chi connectivity index (χ4v) is 5.38. The van der Waals surface area contributed by atoms with E-state index in [1.165, 1.54) is 7.11 Å². The minimum Gasteiger partial charge on any atom is -0.496 e. The molecule has 1 aromatic rings. The number of nitrogens with one attached hydrogen (secondary N) is 1. The average Bonchev–Trinajstić information content (AvgIpc) is 2.83. The Labute approximate surface area is 135 Å². The van der Waals surface area contributed by atoms with Gasteiger partial charge in [-0.2, -0.15) is 4.72 Å². The monoisotopic (exact) mass is 339 g/mol. The van der Waals surface area contributed by atoms with Gasteiger partial charge in [0.25, 0.3) is 0 Å². The molecule has 1 aromatic carbocycles. The van der Waals surface area contributed by atoms with Gasteiger partial charge in [-0.3, -0.25) is 0 Å². The van der Waals surface area contributed by atoms with Crippen molar-refractivity contribution < 1.29 is 23.1 Å². The number of benzene rings is 1. The summed E-state index contributed by atoms with van der Waals surface area (Å²) in [6.45, 7) is 0. The first kappa shape index (κ1) is 16.3. The summed E-state index contributed by atoms with van der Waals surface area (Å²) in [4.78, 5) is 12.0. The van der Waals surface area contributed by atoms with Gasteiger partial charge in [-0.25, -0.2) is 13.2 Å². The maximum atomic E-state index is 12.5. The Morgan fingerprint density at radius 2 is 2.17 bits per heavy atom. The van der Waals surface area contributed by atoms with Crippen molar-refractivity contribution in [3.05, 3.63) is 29.3 Å². The Kier molecular flexibility index (Phi) is 4.10. The van der Waals surface area contributed by atoms with Crippen molar-refractivity contribution in [1.29, 1.82) is 0 Å². The maximum absolute atomic E-state index is 12.5. The number of fused-ring (bicyclic) bond motifs is 1. The molecular weight excluding hydrogens is 318 g/mol. The highest BCUT2D eigenvalue weighted by Gasteiger charge is 2.49. The van der Waals surface area contributed by atoms with Gasteiger partial charge in [-0.15, -0.1) is 0 Å². The minimum atomic E-state index is -3.66. The lowest BCUT2D eigenvalue weighted by Crippen LogP contribution is -2.51. The van der Waals surface area contributed by atoms with Crippen LogP contribution in [0.4, 0.5) is 0 Å². The van der Waals surface area contributed by atoms with E-state index in [1.54, 1.807) is 18.2 Å². The fraction of sp³-hybridized carbons (Fsp3) is 0.562. The smallest absolute Gasteiger partial charge is 0.329 e. The molecular formula is C16H21NO5S. The Morgan fingerprint density at radius 1 is 1.43 bits per heavy atom. The molecule has 1 unspecified atom stereocenters. The van der Waals surface area contributed by atoms with Crippen LogP contribution in [0.15, 0.2) is 18.2 Å². The van der Waals surface area contributed by atoms with Crippen molar-refractivity contribution in [3.8, 4) is 5.75 Å². The van der Waals surface area contributed by atoms with Crippen molar-refractivity contribution in [2.45, 2.75) is 37.6 Å². The average molecular weight is 339 g/mol. The van der Waals surface area contributed by atoms with E-state index in [1.807, 2.05) is 0 Å². The Morgan fingerprint density at radius 3 is 2.74 bits per heavy atom. The second kappa shape index (κ2) is 5.79. The van der Waals surface area contributed by atoms with E-state index in [9.17, 15) is 18.3 Å². The summed E-state index contributed by atoms with van der Waals surface area (Å²) in [7, 11) is -2.14. The summed E-state index contributed by atoms with van der Waals surface area (Å²) in [5.41, 5.74) is -0.336. The zero-order chi connectivity index (χ0) is 16.7. The third-order valence-electron chi connectivity index (χ3n) is 4.94. The van der Waals surface area contributed by atoms with Gasteiger partial charge in [-0.05, 0) is 48.8 Å². The second-order valence-corrected chi connectivity index (χ2v) is 8.14. The van der Waals surface area contributed by atoms with Crippen molar-refractivity contribution in [3.63, 3.8) is 0 Å². The predicted octanol–water partition coefficient (Wildman–Crippen LogP) is 1.64. The van der Waals surface area contributed by atoms with Crippen LogP contribution in [0.1, 0.15) is 36.8 Å². The van der Waals surface area contributed by atoms with Gasteiger partial charge in [0.15, 0.2) is 5.54 Å². The van der Waals surface area contributed by atoms with Crippen molar-refractivity contribution in [2.24, 2.45) is 5.92 Å². The highest BCUT2D eigenvalue weighted by atomic mass is 32.2. The Balaban J connectivity index is 1.96. The standard InChI is InChI=1S/C16H21NO5S/c1-22-14-7-3-6-13-12(14)8-9-16(13,15(18)19)17-23(20,21)10-11-4-2-5-11/h3,6-7,11,17H,2,4-5,8-10H2,1H3,(H,18,19). The molecule has 0 saturated heterocycles. The molecule has 0 spiro atoms. The zero-order valence-corrected chi connectivity index (χ0v) is 13.9. The van der Waals surface area contributed by atoms with E-state index < -0.39 is 21.5 Å². The van der Waals surface area contributed by atoms with Gasteiger partial charge in [0.2, 0.25) is 10.0 Å². The number of carboxylic acids is 1. The maximum Gasteiger partial charge on any atom is 0.329 e. The number of methoxy groups -OCH3 is 1. The molecule has 126 valence electrons. The lowest BCUT2D eigenvalue weighted by molar-refractivity contribution is -0.144. The first-order valence-electron chi connectivity index (χ1n) is 7.79. The minimum absolute atomic E-state index is 0.00132. The number of sulfonamides is 1. The first-order chi connectivity index (χ1) is 10.9. The predicted molar refractivity (Wildman–Crippen MR) is 84.9 cm³/mol. The van der Waals surface area contributed by atoms with Gasteiger partial charge < -0.3 is 9.84 Å². The highest BCUT2D eigenvalue weighted by molar-refractivity contribution is 7.89. The van der Waals surface area contributed by atoms with Crippen molar-refractivity contribution >= 4 is 16.0 Å². The molecule has 0 aliphatic heterocycles. The van der Waals surface area contributed by atoms with Crippen LogP contribution in [0, 0.1) is 5.92 Å². The van der Waals surface area contributed by atoms with Crippen molar-refractivity contribution in [1.82, 2.24) is 4.72 Å². The fourth-order valence-electron chi connectivity index (χ4n) is 3.51. The van der Waals surface area contributed by atoms with Crippen LogP contribution in [-0.2, 0) is 26.8 Å². The van der Waals surface area contributed by atoms with Crippen molar-refractivity contribution in [2.75, 3.05) is 12.9 Å². The highest BCUT2D eigenvalue weighted by Crippen LogP contribution is 2.42. The van der Waals surface area contributed by atoms with Crippen LogP contribution in [-0.4, -0.2) is 32.4 Å². The molecule has 1 saturated carbocycles. The van der Waals surface area contributed by atoms with Crippen LogP contribution in [0.2, 0.25) is 0 Å². The topological polar surface area (TPSA) is 92.7 Å². The molecule has 2 aliphatic carbocycles. The molecule has 23 heavy (non-hydrogen) atoms. The number of hydrogen-bond donors (Lipinski definition) is 2. The normalized spacial score (nSPS) is 24.0. The van der Waals surface area contributed by atoms with Gasteiger partial charge >= 0.3 is 5.97 Å². The van der Waals surface area contributed by atoms with E-state index in [-0.39, 0.29) is 18.1 Å². The second-order valence-electron chi connectivity index (χ2n) is 6.38. The van der Waals surface area contributed by atoms with E-state index in [0.29, 0.717) is 17.7 Å². The molecule has 1 atom stereocenters. The number of carboxylic acid groups (broad SMARTS) is 1. The molecule has 0 radical (unpaired) electrons. The molecule has 2 N–H and O–H groups in total. The SMILES string of the molecule is COc1cccc2c1CCC2(NS(=O)(=O)CC1CCC1)C(=O)O. The van der Waals surface area contributed by atoms with Crippen LogP contribution < -0.4 is 9.46 Å². The van der Waals surface area contributed by atoms with E-state index in [4.69, 9.17) is 4.74 Å². The summed E-state index contributed by atoms with van der Waals surface area (Å²) < 4.78 is 32.7. The molecule has 7 heteroatoms. The van der Waals surface area contributed by atoms with Gasteiger partial charge in [0.05, 0.1) is 12.9 Å². The number of carbonyl (C=O) groups is 1. The molecule has 2 aliphatic rings. The number of ether oxygens (including phenoxy) is 1. The van der Waals surface area contributed by atoms with Crippen LogP contribution in [0.3, 0.4) is 0 Å². The Hall–Kier alpha value is -1.60. The van der Waals surface area contributed by atoms with E-state index >= 15 is 0 Å². The summed E-state index contributed by atoms with van der Waals surface area (Å²) in [5, 5.41) is 9.77. The lowest BCUT2D eigenvalue weighted by Gasteiger charge is -2.30. The number of aliphatic carboxylic acids is 1. The van der Waals surface area contributed by atoms with Crippen LogP contribution in [0.5, 0.6) is 5.75 Å². The van der Waals surface area contributed by atoms with Crippen LogP contribution in [0.25, 0.3) is 0 Å². The van der Waals surface area contributed by atoms with E-state index in [0.717, 1.165) is 24.8 Å². The van der Waals surface area contributed by atoms with Gasteiger partial charge in [0, 0.05) is 0 Å². The third kappa shape index (κ3) is 2.83. The van der Waals surface area contributed by atoms with E-state index in [2.05, 4.69) is 4.72 Å².